The van der Waals surface area contributed by atoms with E-state index in [4.69, 9.17) is 4.74 Å². The third kappa shape index (κ3) is 2.84. The van der Waals surface area contributed by atoms with Gasteiger partial charge in [-0.15, -0.1) is 0 Å². The lowest BCUT2D eigenvalue weighted by Gasteiger charge is -2.29. The number of thioether (sulfide) groups is 1. The van der Waals surface area contributed by atoms with E-state index < -0.39 is 0 Å². The van der Waals surface area contributed by atoms with Crippen molar-refractivity contribution < 1.29 is 4.74 Å². The molecular weight excluding hydrogens is 216 g/mol. The monoisotopic (exact) mass is 240 g/mol. The zero-order valence-electron chi connectivity index (χ0n) is 10.4. The molecule has 0 bridgehead atoms. The molecule has 2 heteroatoms. The van der Waals surface area contributed by atoms with Crippen LogP contribution in [0.3, 0.4) is 0 Å². The maximum absolute atomic E-state index is 5.96. The van der Waals surface area contributed by atoms with Crippen LogP contribution in [0.4, 0.5) is 0 Å². The van der Waals surface area contributed by atoms with Crippen LogP contribution in [-0.2, 0) is 4.74 Å². The summed E-state index contributed by atoms with van der Waals surface area (Å²) in [6, 6.07) is 0. The molecule has 2 aliphatic rings. The summed E-state index contributed by atoms with van der Waals surface area (Å²) in [4.78, 5) is 0. The first-order valence-corrected chi connectivity index (χ1v) is 7.78. The highest BCUT2D eigenvalue weighted by Crippen LogP contribution is 2.43. The van der Waals surface area contributed by atoms with Gasteiger partial charge in [-0.3, -0.25) is 0 Å². The lowest BCUT2D eigenvalue weighted by Crippen LogP contribution is -2.31. The second-order valence-corrected chi connectivity index (χ2v) is 6.35. The Morgan fingerprint density at radius 2 is 2.31 bits per heavy atom. The average Bonchev–Trinajstić information content (AvgIpc) is 2.61. The van der Waals surface area contributed by atoms with Gasteiger partial charge in [-0.05, 0) is 37.4 Å². The van der Waals surface area contributed by atoms with Gasteiger partial charge in [0, 0.05) is 6.61 Å². The normalized spacial score (nSPS) is 34.1. The van der Waals surface area contributed by atoms with Gasteiger partial charge in [0.05, 0.1) is 11.4 Å². The standard InChI is InChI=1S/C14H24OS/c1-3-4-5-9-16-14-11(2)10-12-7-6-8-15-13(12)14/h12-14H,2-10H2,1H3/t12-,13-,14-/m0/s1. The van der Waals surface area contributed by atoms with E-state index in [9.17, 15) is 0 Å². The van der Waals surface area contributed by atoms with Gasteiger partial charge in [0.15, 0.2) is 0 Å². The summed E-state index contributed by atoms with van der Waals surface area (Å²) in [5.41, 5.74) is 1.44. The first-order chi connectivity index (χ1) is 7.83. The van der Waals surface area contributed by atoms with Gasteiger partial charge in [-0.2, -0.15) is 11.8 Å². The average molecular weight is 240 g/mol. The molecule has 0 spiro atoms. The molecule has 2 fully saturated rings. The minimum Gasteiger partial charge on any atom is -0.376 e. The van der Waals surface area contributed by atoms with E-state index in [2.05, 4.69) is 25.3 Å². The second-order valence-electron chi connectivity index (χ2n) is 5.10. The van der Waals surface area contributed by atoms with Crippen LogP contribution in [0.2, 0.25) is 0 Å². The lowest BCUT2D eigenvalue weighted by molar-refractivity contribution is -0.00607. The third-order valence-electron chi connectivity index (χ3n) is 3.76. The summed E-state index contributed by atoms with van der Waals surface area (Å²) in [5.74, 6) is 2.06. The topological polar surface area (TPSA) is 9.23 Å². The molecule has 1 saturated heterocycles. The SMILES string of the molecule is C=C1C[C@@H]2CCCO[C@@H]2[C@H]1SCCCCC. The molecule has 1 saturated carbocycles. The van der Waals surface area contributed by atoms with Gasteiger partial charge in [0.2, 0.25) is 0 Å². The van der Waals surface area contributed by atoms with Crippen molar-refractivity contribution in [1.82, 2.24) is 0 Å². The molecule has 1 aliphatic carbocycles. The Labute approximate surface area is 104 Å². The predicted octanol–water partition coefficient (Wildman–Crippen LogP) is 4.03. The molecule has 0 aromatic carbocycles. The molecule has 0 unspecified atom stereocenters. The van der Waals surface area contributed by atoms with Crippen molar-refractivity contribution in [3.63, 3.8) is 0 Å². The van der Waals surface area contributed by atoms with Crippen LogP contribution in [0, 0.1) is 5.92 Å². The highest BCUT2D eigenvalue weighted by atomic mass is 32.2. The van der Waals surface area contributed by atoms with Gasteiger partial charge in [0.25, 0.3) is 0 Å². The summed E-state index contributed by atoms with van der Waals surface area (Å²) in [6.45, 7) is 7.49. The molecule has 1 nitrogen and oxygen atoms in total. The summed E-state index contributed by atoms with van der Waals surface area (Å²) in [6.07, 6.45) is 8.35. The van der Waals surface area contributed by atoms with E-state index in [-0.39, 0.29) is 0 Å². The van der Waals surface area contributed by atoms with Crippen LogP contribution in [-0.4, -0.2) is 23.7 Å². The molecule has 2 rings (SSSR count). The Bertz CT molecular complexity index is 239. The first kappa shape index (κ1) is 12.5. The van der Waals surface area contributed by atoms with Gasteiger partial charge in [-0.1, -0.05) is 31.9 Å². The van der Waals surface area contributed by atoms with Gasteiger partial charge in [0.1, 0.15) is 0 Å². The van der Waals surface area contributed by atoms with Crippen molar-refractivity contribution in [3.05, 3.63) is 12.2 Å². The summed E-state index contributed by atoms with van der Waals surface area (Å²) in [5, 5.41) is 0.599. The van der Waals surface area contributed by atoms with Crippen LogP contribution in [0.25, 0.3) is 0 Å². The molecule has 0 aromatic rings. The number of rotatable bonds is 5. The van der Waals surface area contributed by atoms with Crippen LogP contribution in [0.15, 0.2) is 12.2 Å². The Morgan fingerprint density at radius 3 is 3.12 bits per heavy atom. The molecule has 1 heterocycles. The van der Waals surface area contributed by atoms with E-state index in [1.54, 1.807) is 0 Å². The maximum atomic E-state index is 5.96. The Balaban J connectivity index is 1.80. The largest absolute Gasteiger partial charge is 0.376 e. The molecule has 0 N–H and O–H groups in total. The van der Waals surface area contributed by atoms with Crippen molar-refractivity contribution in [2.75, 3.05) is 12.4 Å². The predicted molar refractivity (Wildman–Crippen MR) is 72.0 cm³/mol. The molecule has 0 amide bonds. The van der Waals surface area contributed by atoms with Crippen molar-refractivity contribution in [3.8, 4) is 0 Å². The quantitative estimate of drug-likeness (QED) is 0.530. The van der Waals surface area contributed by atoms with E-state index in [1.807, 2.05) is 0 Å². The fraction of sp³-hybridized carbons (Fsp3) is 0.857. The van der Waals surface area contributed by atoms with Crippen LogP contribution in [0.1, 0.15) is 45.4 Å². The van der Waals surface area contributed by atoms with Gasteiger partial charge < -0.3 is 4.74 Å². The van der Waals surface area contributed by atoms with Crippen molar-refractivity contribution in [2.24, 2.45) is 5.92 Å². The van der Waals surface area contributed by atoms with Gasteiger partial charge >= 0.3 is 0 Å². The summed E-state index contributed by atoms with van der Waals surface area (Å²) < 4.78 is 5.96. The molecule has 16 heavy (non-hydrogen) atoms. The highest BCUT2D eigenvalue weighted by molar-refractivity contribution is 8.00. The Kier molecular flexibility index (Phi) is 4.78. The fourth-order valence-corrected chi connectivity index (χ4v) is 4.33. The molecule has 92 valence electrons. The fourth-order valence-electron chi connectivity index (χ4n) is 2.88. The van der Waals surface area contributed by atoms with Gasteiger partial charge in [-0.25, -0.2) is 0 Å². The summed E-state index contributed by atoms with van der Waals surface area (Å²) in [7, 11) is 0. The molecule has 0 aromatic heterocycles. The second kappa shape index (κ2) is 6.11. The van der Waals surface area contributed by atoms with E-state index in [0.717, 1.165) is 12.5 Å². The van der Waals surface area contributed by atoms with Crippen LogP contribution < -0.4 is 0 Å². The van der Waals surface area contributed by atoms with Crippen molar-refractivity contribution >= 4 is 11.8 Å². The number of hydrogen-bond donors (Lipinski definition) is 0. The van der Waals surface area contributed by atoms with E-state index >= 15 is 0 Å². The maximum Gasteiger partial charge on any atom is 0.0762 e. The lowest BCUT2D eigenvalue weighted by atomic mass is 9.97. The Hall–Kier alpha value is 0.0500. The highest BCUT2D eigenvalue weighted by Gasteiger charge is 2.40. The zero-order valence-corrected chi connectivity index (χ0v) is 11.2. The first-order valence-electron chi connectivity index (χ1n) is 6.73. The van der Waals surface area contributed by atoms with Crippen molar-refractivity contribution in [2.45, 2.75) is 56.8 Å². The van der Waals surface area contributed by atoms with Crippen LogP contribution >= 0.6 is 11.8 Å². The Morgan fingerprint density at radius 1 is 1.44 bits per heavy atom. The summed E-state index contributed by atoms with van der Waals surface area (Å²) >= 11 is 2.09. The third-order valence-corrected chi connectivity index (χ3v) is 5.25. The number of unbranched alkanes of at least 4 members (excludes halogenated alkanes) is 2. The minimum atomic E-state index is 0.493. The molecule has 0 radical (unpaired) electrons. The van der Waals surface area contributed by atoms with E-state index in [1.165, 1.54) is 49.9 Å². The van der Waals surface area contributed by atoms with E-state index in [0.29, 0.717) is 11.4 Å². The molecule has 3 atom stereocenters. The molecular formula is C14H24OS. The molecule has 1 aliphatic heterocycles. The number of ether oxygens (including phenoxy) is 1. The number of fused-ring (bicyclic) bond motifs is 1. The minimum absolute atomic E-state index is 0.493. The zero-order chi connectivity index (χ0) is 11.4. The van der Waals surface area contributed by atoms with Crippen molar-refractivity contribution in [1.29, 1.82) is 0 Å². The van der Waals surface area contributed by atoms with Crippen LogP contribution in [0.5, 0.6) is 0 Å². The smallest absolute Gasteiger partial charge is 0.0762 e. The number of hydrogen-bond acceptors (Lipinski definition) is 2.